The quantitative estimate of drug-likeness (QED) is 0.645. The van der Waals surface area contributed by atoms with Gasteiger partial charge in [0.1, 0.15) is 4.70 Å². The molecule has 0 radical (unpaired) electrons. The molecule has 9 nitrogen and oxygen atoms in total. The molecule has 1 unspecified atom stereocenters. The molecule has 2 N–H and O–H groups in total. The summed E-state index contributed by atoms with van der Waals surface area (Å²) in [5.41, 5.74) is 1.36. The van der Waals surface area contributed by atoms with E-state index >= 15 is 0 Å². The predicted octanol–water partition coefficient (Wildman–Crippen LogP) is 2.83. The second-order valence-electron chi connectivity index (χ2n) is 8.95. The number of anilines is 1. The molecule has 10 heteroatoms. The summed E-state index contributed by atoms with van der Waals surface area (Å²) in [6.45, 7) is 12.3. The normalized spacial score (nSPS) is 16.3. The van der Waals surface area contributed by atoms with Gasteiger partial charge in [-0.2, -0.15) is 4.98 Å². The summed E-state index contributed by atoms with van der Waals surface area (Å²) < 4.78 is 0.675. The number of carbonyl (C=O) groups is 2. The molecule has 2 amide bonds. The van der Waals surface area contributed by atoms with E-state index in [1.807, 2.05) is 47.6 Å². The van der Waals surface area contributed by atoms with Crippen LogP contribution in [0.15, 0.2) is 16.6 Å². The Hall–Kier alpha value is -2.88. The Bertz CT molecular complexity index is 1080. The SMILES string of the molecule is C/C=C(\C=NC)C(C)Nc1nc(C(=O)N2CC(NC(=O)C(C)(C)C)C2)c2sc(C)nc2n1. The number of allylic oxidation sites excluding steroid dienone is 1. The van der Waals surface area contributed by atoms with Crippen LogP contribution in [-0.2, 0) is 4.79 Å². The number of carbonyl (C=O) groups excluding carboxylic acids is 2. The van der Waals surface area contributed by atoms with Gasteiger partial charge >= 0.3 is 0 Å². The molecule has 172 valence electrons. The Morgan fingerprint density at radius 3 is 2.53 bits per heavy atom. The second kappa shape index (κ2) is 9.32. The Kier molecular flexibility index (Phi) is 6.92. The van der Waals surface area contributed by atoms with E-state index in [-0.39, 0.29) is 23.9 Å². The molecule has 3 rings (SSSR count). The van der Waals surface area contributed by atoms with Gasteiger partial charge in [0, 0.05) is 31.8 Å². The minimum absolute atomic E-state index is 0.0204. The lowest BCUT2D eigenvalue weighted by Crippen LogP contribution is -2.62. The van der Waals surface area contributed by atoms with E-state index in [4.69, 9.17) is 0 Å². The molecule has 3 heterocycles. The van der Waals surface area contributed by atoms with E-state index in [0.29, 0.717) is 35.1 Å². The molecule has 0 aliphatic carbocycles. The van der Waals surface area contributed by atoms with Crippen LogP contribution >= 0.6 is 11.3 Å². The molecule has 0 spiro atoms. The molecule has 1 aliphatic rings. The van der Waals surface area contributed by atoms with Crippen LogP contribution in [-0.4, -0.2) is 70.1 Å². The number of hydrogen-bond acceptors (Lipinski definition) is 8. The largest absolute Gasteiger partial charge is 0.349 e. The summed E-state index contributed by atoms with van der Waals surface area (Å²) in [5, 5.41) is 7.07. The van der Waals surface area contributed by atoms with Crippen molar-refractivity contribution in [2.45, 2.75) is 53.6 Å². The van der Waals surface area contributed by atoms with Crippen LogP contribution < -0.4 is 10.6 Å². The van der Waals surface area contributed by atoms with Crippen LogP contribution in [0.3, 0.4) is 0 Å². The minimum Gasteiger partial charge on any atom is -0.349 e. The number of thiazole rings is 1. The van der Waals surface area contributed by atoms with Crippen molar-refractivity contribution in [2.75, 3.05) is 25.5 Å². The number of nitrogens with one attached hydrogen (secondary N) is 2. The van der Waals surface area contributed by atoms with E-state index in [1.54, 1.807) is 18.2 Å². The van der Waals surface area contributed by atoms with Crippen molar-refractivity contribution in [2.24, 2.45) is 10.4 Å². The van der Waals surface area contributed by atoms with Crippen molar-refractivity contribution in [3.8, 4) is 0 Å². The van der Waals surface area contributed by atoms with Crippen LogP contribution in [0.2, 0.25) is 0 Å². The van der Waals surface area contributed by atoms with Gasteiger partial charge in [-0.1, -0.05) is 26.8 Å². The van der Waals surface area contributed by atoms with Gasteiger partial charge in [-0.05, 0) is 26.3 Å². The van der Waals surface area contributed by atoms with Crippen molar-refractivity contribution in [1.29, 1.82) is 0 Å². The fourth-order valence-electron chi connectivity index (χ4n) is 3.29. The van der Waals surface area contributed by atoms with Gasteiger partial charge in [-0.3, -0.25) is 14.6 Å². The van der Waals surface area contributed by atoms with Crippen LogP contribution in [0.5, 0.6) is 0 Å². The standard InChI is InChI=1S/C22H31N7O2S/c1-8-14(9-23-7)12(2)24-21-27-16(17-18(28-21)25-13(3)32-17)19(30)29-10-15(11-29)26-20(31)22(4,5)6/h8-9,12,15H,10-11H2,1-7H3,(H,26,31)(H,24,27,28)/b14-8+,23-9?. The number of rotatable bonds is 6. The maximum absolute atomic E-state index is 13.3. The number of hydrogen-bond donors (Lipinski definition) is 2. The minimum atomic E-state index is -0.463. The first-order valence-corrected chi connectivity index (χ1v) is 11.5. The van der Waals surface area contributed by atoms with Crippen molar-refractivity contribution >= 4 is 45.7 Å². The summed E-state index contributed by atoms with van der Waals surface area (Å²) in [6, 6.07) is -0.140. The first kappa shape index (κ1) is 23.8. The first-order valence-electron chi connectivity index (χ1n) is 10.6. The molecule has 32 heavy (non-hydrogen) atoms. The Morgan fingerprint density at radius 1 is 1.25 bits per heavy atom. The highest BCUT2D eigenvalue weighted by molar-refractivity contribution is 7.18. The Balaban J connectivity index is 1.80. The molecule has 1 atom stereocenters. The zero-order chi connectivity index (χ0) is 23.6. The smallest absolute Gasteiger partial charge is 0.274 e. The summed E-state index contributed by atoms with van der Waals surface area (Å²) in [4.78, 5) is 44.8. The van der Waals surface area contributed by atoms with Crippen molar-refractivity contribution in [3.63, 3.8) is 0 Å². The summed E-state index contributed by atoms with van der Waals surface area (Å²) in [7, 11) is 1.72. The van der Waals surface area contributed by atoms with Crippen LogP contribution in [0.4, 0.5) is 5.95 Å². The molecule has 0 saturated carbocycles. The number of amides is 2. The van der Waals surface area contributed by atoms with Crippen molar-refractivity contribution < 1.29 is 9.59 Å². The lowest BCUT2D eigenvalue weighted by Gasteiger charge is -2.40. The van der Waals surface area contributed by atoms with Crippen molar-refractivity contribution in [3.05, 3.63) is 22.4 Å². The summed E-state index contributed by atoms with van der Waals surface area (Å²) in [5.74, 6) is 0.146. The number of nitrogens with zero attached hydrogens (tertiary/aromatic N) is 5. The van der Waals surface area contributed by atoms with E-state index in [9.17, 15) is 9.59 Å². The fourth-order valence-corrected chi connectivity index (χ4v) is 4.13. The van der Waals surface area contributed by atoms with Crippen LogP contribution in [0.25, 0.3) is 10.3 Å². The zero-order valence-corrected chi connectivity index (χ0v) is 20.5. The van der Waals surface area contributed by atoms with Gasteiger partial charge in [0.2, 0.25) is 11.9 Å². The Labute approximate surface area is 192 Å². The lowest BCUT2D eigenvalue weighted by molar-refractivity contribution is -0.130. The molecule has 0 bridgehead atoms. The van der Waals surface area contributed by atoms with Gasteiger partial charge in [0.25, 0.3) is 5.91 Å². The number of fused-ring (bicyclic) bond motifs is 1. The molecule has 1 saturated heterocycles. The van der Waals surface area contributed by atoms with Crippen LogP contribution in [0, 0.1) is 12.3 Å². The van der Waals surface area contributed by atoms with Gasteiger partial charge in [-0.25, -0.2) is 9.97 Å². The lowest BCUT2D eigenvalue weighted by atomic mass is 9.94. The average molecular weight is 458 g/mol. The average Bonchev–Trinajstić information content (AvgIpc) is 3.06. The van der Waals surface area contributed by atoms with Gasteiger partial charge in [0.05, 0.1) is 17.1 Å². The summed E-state index contributed by atoms with van der Waals surface area (Å²) in [6.07, 6.45) is 3.75. The molecule has 0 aromatic carbocycles. The predicted molar refractivity (Wildman–Crippen MR) is 128 cm³/mol. The summed E-state index contributed by atoms with van der Waals surface area (Å²) >= 11 is 1.41. The number of aromatic nitrogens is 3. The van der Waals surface area contributed by atoms with Gasteiger partial charge < -0.3 is 15.5 Å². The molecule has 1 aliphatic heterocycles. The third-order valence-electron chi connectivity index (χ3n) is 5.21. The molecule has 1 fully saturated rings. The highest BCUT2D eigenvalue weighted by Crippen LogP contribution is 2.27. The highest BCUT2D eigenvalue weighted by atomic mass is 32.1. The van der Waals surface area contributed by atoms with Gasteiger partial charge in [0.15, 0.2) is 11.3 Å². The maximum atomic E-state index is 13.3. The third kappa shape index (κ3) is 5.12. The molecular weight excluding hydrogens is 426 g/mol. The van der Waals surface area contributed by atoms with Crippen LogP contribution in [0.1, 0.15) is 50.1 Å². The number of aliphatic imine (C=N–C) groups is 1. The van der Waals surface area contributed by atoms with E-state index in [2.05, 4.69) is 30.6 Å². The second-order valence-corrected chi connectivity index (χ2v) is 10.2. The fraction of sp³-hybridized carbons (Fsp3) is 0.545. The van der Waals surface area contributed by atoms with Gasteiger partial charge in [-0.15, -0.1) is 11.3 Å². The molecule has 2 aromatic rings. The van der Waals surface area contributed by atoms with Crippen molar-refractivity contribution in [1.82, 2.24) is 25.2 Å². The Morgan fingerprint density at radius 2 is 1.94 bits per heavy atom. The topological polar surface area (TPSA) is 112 Å². The number of aryl methyl sites for hydroxylation is 1. The highest BCUT2D eigenvalue weighted by Gasteiger charge is 2.36. The van der Waals surface area contributed by atoms with E-state index < -0.39 is 5.41 Å². The first-order chi connectivity index (χ1) is 15.0. The molecular formula is C22H31N7O2S. The zero-order valence-electron chi connectivity index (χ0n) is 19.7. The maximum Gasteiger partial charge on any atom is 0.274 e. The molecule has 2 aromatic heterocycles. The monoisotopic (exact) mass is 457 g/mol. The third-order valence-corrected chi connectivity index (χ3v) is 6.17. The number of likely N-dealkylation sites (tertiary alicyclic amines) is 1. The van der Waals surface area contributed by atoms with E-state index in [0.717, 1.165) is 10.6 Å². The van der Waals surface area contributed by atoms with E-state index in [1.165, 1.54) is 11.3 Å².